The first-order chi connectivity index (χ1) is 12.9. The normalized spacial score (nSPS) is 11.1. The average molecular weight is 406 g/mol. The molecule has 27 heavy (non-hydrogen) atoms. The van der Waals surface area contributed by atoms with E-state index in [2.05, 4.69) is 20.0 Å². The number of carbonyl (C=O) groups is 1. The number of pyridine rings is 1. The molecule has 0 aliphatic rings. The van der Waals surface area contributed by atoms with Crippen molar-refractivity contribution >= 4 is 32.4 Å². The van der Waals surface area contributed by atoms with Gasteiger partial charge >= 0.3 is 0 Å². The summed E-state index contributed by atoms with van der Waals surface area (Å²) in [6.45, 7) is 0.348. The number of thiazole rings is 1. The minimum atomic E-state index is -3.87. The molecule has 0 saturated heterocycles. The molecule has 3 aromatic rings. The van der Waals surface area contributed by atoms with Crippen molar-refractivity contribution in [1.29, 1.82) is 0 Å². The third-order valence-electron chi connectivity index (χ3n) is 3.45. The third-order valence-corrected chi connectivity index (χ3v) is 5.74. The number of amides is 1. The Hall–Kier alpha value is -2.85. The highest BCUT2D eigenvalue weighted by Gasteiger charge is 2.17. The molecule has 140 valence electrons. The molecule has 7 nitrogen and oxygen atoms in total. The van der Waals surface area contributed by atoms with Gasteiger partial charge in [-0.1, -0.05) is 6.07 Å². The summed E-state index contributed by atoms with van der Waals surface area (Å²) in [5.74, 6) is -0.764. The first-order valence-corrected chi connectivity index (χ1v) is 10.2. The van der Waals surface area contributed by atoms with Crippen LogP contribution < -0.4 is 10.0 Å². The lowest BCUT2D eigenvalue weighted by Crippen LogP contribution is -2.24. The molecule has 3 rings (SSSR count). The van der Waals surface area contributed by atoms with Crippen LogP contribution in [-0.4, -0.2) is 24.3 Å². The maximum atomic E-state index is 12.9. The van der Waals surface area contributed by atoms with E-state index in [9.17, 15) is 17.6 Å². The number of hydrogen-bond donors (Lipinski definition) is 2. The fourth-order valence-electron chi connectivity index (χ4n) is 2.15. The molecule has 1 amide bonds. The van der Waals surface area contributed by atoms with Crippen LogP contribution in [0, 0.1) is 5.82 Å². The summed E-state index contributed by atoms with van der Waals surface area (Å²) in [4.78, 5) is 20.0. The molecule has 10 heteroatoms. The van der Waals surface area contributed by atoms with E-state index in [-0.39, 0.29) is 22.4 Å². The maximum Gasteiger partial charge on any atom is 0.263 e. The SMILES string of the molecule is O=C(Cc1csc(NS(=O)(=O)c2ccc(F)cc2)n1)NCc1cccnc1. The number of nitrogens with one attached hydrogen (secondary N) is 2. The summed E-state index contributed by atoms with van der Waals surface area (Å²) < 4.78 is 39.8. The number of carbonyl (C=O) groups excluding carboxylic acids is 1. The minimum absolute atomic E-state index is 0.0229. The van der Waals surface area contributed by atoms with Crippen molar-refractivity contribution in [3.8, 4) is 0 Å². The summed E-state index contributed by atoms with van der Waals surface area (Å²) in [6.07, 6.45) is 3.33. The number of rotatable bonds is 7. The molecule has 2 aromatic heterocycles. The van der Waals surface area contributed by atoms with Crippen molar-refractivity contribution in [3.63, 3.8) is 0 Å². The monoisotopic (exact) mass is 406 g/mol. The molecule has 0 saturated carbocycles. The Morgan fingerprint density at radius 2 is 1.96 bits per heavy atom. The molecule has 0 radical (unpaired) electrons. The first kappa shape index (κ1) is 18.9. The molecule has 0 fully saturated rings. The quantitative estimate of drug-likeness (QED) is 0.627. The van der Waals surface area contributed by atoms with Gasteiger partial charge in [-0.05, 0) is 35.9 Å². The van der Waals surface area contributed by atoms with Gasteiger partial charge in [0, 0.05) is 24.3 Å². The first-order valence-electron chi connectivity index (χ1n) is 7.81. The Labute approximate surface area is 159 Å². The van der Waals surface area contributed by atoms with Gasteiger partial charge in [-0.15, -0.1) is 11.3 Å². The predicted octanol–water partition coefficient (Wildman–Crippen LogP) is 2.34. The summed E-state index contributed by atoms with van der Waals surface area (Å²) in [7, 11) is -3.87. The molecule has 1 aromatic carbocycles. The molecule has 2 N–H and O–H groups in total. The molecular weight excluding hydrogens is 391 g/mol. The van der Waals surface area contributed by atoms with Gasteiger partial charge < -0.3 is 5.32 Å². The van der Waals surface area contributed by atoms with Crippen LogP contribution in [-0.2, 0) is 27.8 Å². The van der Waals surface area contributed by atoms with E-state index in [0.29, 0.717) is 12.2 Å². The van der Waals surface area contributed by atoms with E-state index in [4.69, 9.17) is 0 Å². The second-order valence-corrected chi connectivity index (χ2v) is 8.06. The highest BCUT2D eigenvalue weighted by Crippen LogP contribution is 2.20. The van der Waals surface area contributed by atoms with Gasteiger partial charge in [0.1, 0.15) is 5.82 Å². The molecule has 0 bridgehead atoms. The van der Waals surface area contributed by atoms with Gasteiger partial charge in [0.2, 0.25) is 5.91 Å². The van der Waals surface area contributed by atoms with E-state index < -0.39 is 15.8 Å². The van der Waals surface area contributed by atoms with Crippen LogP contribution in [0.5, 0.6) is 0 Å². The summed E-state index contributed by atoms with van der Waals surface area (Å²) in [5, 5.41) is 4.48. The Kier molecular flexibility index (Phi) is 5.77. The lowest BCUT2D eigenvalue weighted by molar-refractivity contribution is -0.120. The Bertz CT molecular complexity index is 1020. The van der Waals surface area contributed by atoms with Crippen LogP contribution in [0.1, 0.15) is 11.3 Å². The van der Waals surface area contributed by atoms with Crippen LogP contribution >= 0.6 is 11.3 Å². The highest BCUT2D eigenvalue weighted by atomic mass is 32.2. The smallest absolute Gasteiger partial charge is 0.263 e. The van der Waals surface area contributed by atoms with Crippen LogP contribution in [0.15, 0.2) is 59.1 Å². The molecule has 0 unspecified atom stereocenters. The fraction of sp³-hybridized carbons (Fsp3) is 0.118. The zero-order valence-electron chi connectivity index (χ0n) is 13.9. The zero-order valence-corrected chi connectivity index (χ0v) is 15.6. The van der Waals surface area contributed by atoms with E-state index >= 15 is 0 Å². The predicted molar refractivity (Wildman–Crippen MR) is 99.1 cm³/mol. The molecule has 0 aliphatic heterocycles. The number of halogens is 1. The van der Waals surface area contributed by atoms with Gasteiger partial charge in [0.25, 0.3) is 10.0 Å². The highest BCUT2D eigenvalue weighted by molar-refractivity contribution is 7.93. The standard InChI is InChI=1S/C17H15FN4O3S2/c18-13-3-5-15(6-4-13)27(24,25)22-17-21-14(11-26-17)8-16(23)20-10-12-2-1-7-19-9-12/h1-7,9,11H,8,10H2,(H,20,23)(H,21,22). The van der Waals surface area contributed by atoms with E-state index in [1.807, 2.05) is 6.07 Å². The minimum Gasteiger partial charge on any atom is -0.352 e. The van der Waals surface area contributed by atoms with E-state index in [1.165, 1.54) is 0 Å². The number of nitrogens with zero attached hydrogens (tertiary/aromatic N) is 2. The molecule has 0 spiro atoms. The number of benzene rings is 1. The Morgan fingerprint density at radius 1 is 1.19 bits per heavy atom. The van der Waals surface area contributed by atoms with Gasteiger partial charge in [-0.3, -0.25) is 14.5 Å². The van der Waals surface area contributed by atoms with Crippen molar-refractivity contribution in [1.82, 2.24) is 15.3 Å². The van der Waals surface area contributed by atoms with Gasteiger partial charge in [0.05, 0.1) is 17.0 Å². The number of anilines is 1. The molecule has 2 heterocycles. The zero-order chi connectivity index (χ0) is 19.3. The topological polar surface area (TPSA) is 101 Å². The largest absolute Gasteiger partial charge is 0.352 e. The van der Waals surface area contributed by atoms with Crippen molar-refractivity contribution in [2.24, 2.45) is 0 Å². The number of hydrogen-bond acceptors (Lipinski definition) is 6. The van der Waals surface area contributed by atoms with E-state index in [1.54, 1.807) is 23.8 Å². The number of sulfonamides is 1. The lowest BCUT2D eigenvalue weighted by atomic mass is 10.2. The Morgan fingerprint density at radius 3 is 2.67 bits per heavy atom. The van der Waals surface area contributed by atoms with Gasteiger partial charge in [-0.25, -0.2) is 17.8 Å². The maximum absolute atomic E-state index is 12.9. The average Bonchev–Trinajstić information content (AvgIpc) is 3.07. The fourth-order valence-corrected chi connectivity index (χ4v) is 4.12. The summed E-state index contributed by atoms with van der Waals surface area (Å²) in [5.41, 5.74) is 1.32. The second kappa shape index (κ2) is 8.23. The van der Waals surface area contributed by atoms with Crippen molar-refractivity contribution in [2.75, 3.05) is 4.72 Å². The van der Waals surface area contributed by atoms with Crippen LogP contribution in [0.25, 0.3) is 0 Å². The second-order valence-electron chi connectivity index (χ2n) is 5.52. The Balaban J connectivity index is 1.58. The molecular formula is C17H15FN4O3S2. The van der Waals surface area contributed by atoms with Crippen LogP contribution in [0.4, 0.5) is 9.52 Å². The van der Waals surface area contributed by atoms with E-state index in [0.717, 1.165) is 41.2 Å². The van der Waals surface area contributed by atoms with Crippen molar-refractivity contribution < 1.29 is 17.6 Å². The molecule has 0 atom stereocenters. The van der Waals surface area contributed by atoms with Crippen molar-refractivity contribution in [3.05, 3.63) is 71.2 Å². The van der Waals surface area contributed by atoms with Gasteiger partial charge in [0.15, 0.2) is 5.13 Å². The summed E-state index contributed by atoms with van der Waals surface area (Å²) >= 11 is 1.07. The van der Waals surface area contributed by atoms with Crippen molar-refractivity contribution in [2.45, 2.75) is 17.9 Å². The van der Waals surface area contributed by atoms with Gasteiger partial charge in [-0.2, -0.15) is 0 Å². The lowest BCUT2D eigenvalue weighted by Gasteiger charge is -2.05. The molecule has 0 aliphatic carbocycles. The number of aromatic nitrogens is 2. The summed E-state index contributed by atoms with van der Waals surface area (Å²) in [6, 6.07) is 8.08. The van der Waals surface area contributed by atoms with Crippen LogP contribution in [0.2, 0.25) is 0 Å². The third kappa shape index (κ3) is 5.31. The van der Waals surface area contributed by atoms with Crippen LogP contribution in [0.3, 0.4) is 0 Å².